The number of hydrogen-bond donors (Lipinski definition) is 2. The Kier molecular flexibility index (Phi) is 5.62. The average Bonchev–Trinajstić information content (AvgIpc) is 3.02. The van der Waals surface area contributed by atoms with Crippen molar-refractivity contribution in [3.8, 4) is 10.6 Å². The van der Waals surface area contributed by atoms with Gasteiger partial charge in [-0.25, -0.2) is 9.78 Å². The monoisotopic (exact) mass is 320 g/mol. The highest BCUT2D eigenvalue weighted by molar-refractivity contribution is 7.13. The third-order valence-corrected chi connectivity index (χ3v) is 3.86. The lowest BCUT2D eigenvalue weighted by Gasteiger charge is -2.12. The number of aromatic nitrogens is 1. The molecule has 0 aliphatic heterocycles. The highest BCUT2D eigenvalue weighted by Gasteiger charge is 2.21. The smallest absolute Gasteiger partial charge is 0.326 e. The van der Waals surface area contributed by atoms with Gasteiger partial charge in [-0.3, -0.25) is 4.79 Å². The Hall–Kier alpha value is -2.25. The van der Waals surface area contributed by atoms with E-state index in [1.54, 1.807) is 5.38 Å². The highest BCUT2D eigenvalue weighted by Crippen LogP contribution is 2.23. The molecule has 7 heteroatoms. The number of aliphatic carboxylic acids is 1. The molecule has 1 heterocycles. The number of thiazole rings is 1. The van der Waals surface area contributed by atoms with Gasteiger partial charge >= 0.3 is 5.97 Å². The minimum Gasteiger partial charge on any atom is -0.480 e. The average molecular weight is 320 g/mol. The minimum atomic E-state index is -1.09. The molecule has 0 saturated carbocycles. The van der Waals surface area contributed by atoms with E-state index in [0.29, 0.717) is 0 Å². The van der Waals surface area contributed by atoms with Crippen molar-refractivity contribution in [1.82, 2.24) is 10.3 Å². The van der Waals surface area contributed by atoms with Gasteiger partial charge in [0.25, 0.3) is 5.91 Å². The summed E-state index contributed by atoms with van der Waals surface area (Å²) in [5, 5.41) is 13.9. The van der Waals surface area contributed by atoms with Crippen LogP contribution in [0.3, 0.4) is 0 Å². The van der Waals surface area contributed by atoms with Crippen LogP contribution in [0.4, 0.5) is 0 Å². The Labute approximate surface area is 131 Å². The molecule has 1 amide bonds. The van der Waals surface area contributed by atoms with Crippen LogP contribution in [-0.2, 0) is 9.53 Å². The molecule has 2 rings (SSSR count). The van der Waals surface area contributed by atoms with Gasteiger partial charge in [-0.2, -0.15) is 0 Å². The van der Waals surface area contributed by atoms with Gasteiger partial charge in [-0.15, -0.1) is 11.3 Å². The van der Waals surface area contributed by atoms with E-state index in [9.17, 15) is 9.59 Å². The number of carboxylic acids is 1. The molecular weight excluding hydrogens is 304 g/mol. The largest absolute Gasteiger partial charge is 0.480 e. The summed E-state index contributed by atoms with van der Waals surface area (Å²) in [7, 11) is 1.48. The Morgan fingerprint density at radius 2 is 2.09 bits per heavy atom. The second-order valence-electron chi connectivity index (χ2n) is 4.55. The van der Waals surface area contributed by atoms with E-state index < -0.39 is 17.9 Å². The van der Waals surface area contributed by atoms with Crippen LogP contribution >= 0.6 is 11.3 Å². The number of benzene rings is 1. The molecular formula is C15H16N2O4S. The minimum absolute atomic E-state index is 0.202. The predicted molar refractivity (Wildman–Crippen MR) is 82.9 cm³/mol. The summed E-state index contributed by atoms with van der Waals surface area (Å²) in [5.41, 5.74) is 1.13. The first kappa shape index (κ1) is 16.1. The molecule has 1 unspecified atom stereocenters. The first-order valence-corrected chi connectivity index (χ1v) is 7.53. The number of amides is 1. The second kappa shape index (κ2) is 7.67. The molecule has 22 heavy (non-hydrogen) atoms. The third-order valence-electron chi connectivity index (χ3n) is 2.97. The van der Waals surface area contributed by atoms with Crippen LogP contribution in [0, 0.1) is 0 Å². The van der Waals surface area contributed by atoms with E-state index in [1.807, 2.05) is 30.3 Å². The number of carbonyl (C=O) groups is 2. The van der Waals surface area contributed by atoms with Crippen molar-refractivity contribution in [3.05, 3.63) is 41.4 Å². The maximum atomic E-state index is 12.1. The van der Waals surface area contributed by atoms with Gasteiger partial charge in [0, 0.05) is 31.1 Å². The van der Waals surface area contributed by atoms with Crippen molar-refractivity contribution < 1.29 is 19.4 Å². The fourth-order valence-electron chi connectivity index (χ4n) is 1.82. The van der Waals surface area contributed by atoms with Crippen LogP contribution in [0.2, 0.25) is 0 Å². The molecule has 0 bridgehead atoms. The van der Waals surface area contributed by atoms with Gasteiger partial charge in [-0.05, 0) is 0 Å². The third kappa shape index (κ3) is 4.12. The molecule has 2 N–H and O–H groups in total. The molecule has 1 atom stereocenters. The van der Waals surface area contributed by atoms with E-state index in [4.69, 9.17) is 9.84 Å². The molecule has 0 aliphatic rings. The van der Waals surface area contributed by atoms with E-state index in [0.717, 1.165) is 10.6 Å². The first-order chi connectivity index (χ1) is 10.6. The van der Waals surface area contributed by atoms with Crippen molar-refractivity contribution in [2.75, 3.05) is 13.7 Å². The summed E-state index contributed by atoms with van der Waals surface area (Å²) < 4.78 is 4.84. The summed E-state index contributed by atoms with van der Waals surface area (Å²) in [6.07, 6.45) is 0.202. The predicted octanol–water partition coefficient (Wildman–Crippen LogP) is 2.03. The summed E-state index contributed by atoms with van der Waals surface area (Å²) in [6, 6.07) is 8.49. The number of hydrogen-bond acceptors (Lipinski definition) is 5. The SMILES string of the molecule is COCCC(NC(=O)c1csc(-c2ccccc2)n1)C(=O)O. The quantitative estimate of drug-likeness (QED) is 0.815. The normalized spacial score (nSPS) is 11.9. The zero-order valence-electron chi connectivity index (χ0n) is 12.0. The number of nitrogens with one attached hydrogen (secondary N) is 1. The van der Waals surface area contributed by atoms with E-state index in [2.05, 4.69) is 10.3 Å². The molecule has 0 saturated heterocycles. The topological polar surface area (TPSA) is 88.5 Å². The second-order valence-corrected chi connectivity index (χ2v) is 5.41. The van der Waals surface area contributed by atoms with Gasteiger partial charge < -0.3 is 15.2 Å². The zero-order valence-corrected chi connectivity index (χ0v) is 12.8. The molecule has 0 aliphatic carbocycles. The number of rotatable bonds is 7. The van der Waals surface area contributed by atoms with Gasteiger partial charge in [-0.1, -0.05) is 30.3 Å². The number of nitrogens with zero attached hydrogens (tertiary/aromatic N) is 1. The van der Waals surface area contributed by atoms with Crippen molar-refractivity contribution in [2.45, 2.75) is 12.5 Å². The van der Waals surface area contributed by atoms with E-state index in [-0.39, 0.29) is 18.7 Å². The van der Waals surface area contributed by atoms with Gasteiger partial charge in [0.15, 0.2) is 0 Å². The summed E-state index contributed by atoms with van der Waals surface area (Å²) in [6.45, 7) is 0.254. The molecule has 1 aromatic carbocycles. The van der Waals surface area contributed by atoms with Crippen LogP contribution in [0.1, 0.15) is 16.9 Å². The lowest BCUT2D eigenvalue weighted by atomic mass is 10.2. The van der Waals surface area contributed by atoms with Crippen molar-refractivity contribution >= 4 is 23.2 Å². The summed E-state index contributed by atoms with van der Waals surface area (Å²) in [5.74, 6) is -1.59. The Morgan fingerprint density at radius 3 is 2.73 bits per heavy atom. The Morgan fingerprint density at radius 1 is 1.36 bits per heavy atom. The zero-order chi connectivity index (χ0) is 15.9. The van der Waals surface area contributed by atoms with Gasteiger partial charge in [0.2, 0.25) is 0 Å². The lowest BCUT2D eigenvalue weighted by Crippen LogP contribution is -2.41. The van der Waals surface area contributed by atoms with E-state index >= 15 is 0 Å². The molecule has 0 radical (unpaired) electrons. The van der Waals surface area contributed by atoms with Crippen LogP contribution in [-0.4, -0.2) is 41.7 Å². The molecule has 116 valence electrons. The van der Waals surface area contributed by atoms with Gasteiger partial charge in [0.05, 0.1) is 0 Å². The number of carbonyl (C=O) groups excluding carboxylic acids is 1. The maximum absolute atomic E-state index is 12.1. The standard InChI is InChI=1S/C15H16N2O4S/c1-21-8-7-11(15(19)20)16-13(18)12-9-22-14(17-12)10-5-3-2-4-6-10/h2-6,9,11H,7-8H2,1H3,(H,16,18)(H,19,20). The number of carboxylic acid groups (broad SMARTS) is 1. The maximum Gasteiger partial charge on any atom is 0.326 e. The number of ether oxygens (including phenoxy) is 1. The summed E-state index contributed by atoms with van der Waals surface area (Å²) >= 11 is 1.34. The van der Waals surface area contributed by atoms with E-state index in [1.165, 1.54) is 18.4 Å². The van der Waals surface area contributed by atoms with Crippen LogP contribution in [0.15, 0.2) is 35.7 Å². The molecule has 1 aromatic heterocycles. The molecule has 0 fully saturated rings. The molecule has 6 nitrogen and oxygen atoms in total. The number of methoxy groups -OCH3 is 1. The van der Waals surface area contributed by atoms with Crippen LogP contribution in [0.25, 0.3) is 10.6 Å². The van der Waals surface area contributed by atoms with Gasteiger partial charge in [0.1, 0.15) is 16.7 Å². The van der Waals surface area contributed by atoms with Crippen molar-refractivity contribution in [2.24, 2.45) is 0 Å². The highest BCUT2D eigenvalue weighted by atomic mass is 32.1. The van der Waals surface area contributed by atoms with Crippen molar-refractivity contribution in [3.63, 3.8) is 0 Å². The van der Waals surface area contributed by atoms with Crippen LogP contribution in [0.5, 0.6) is 0 Å². The Balaban J connectivity index is 2.06. The first-order valence-electron chi connectivity index (χ1n) is 6.65. The fourth-order valence-corrected chi connectivity index (χ4v) is 2.62. The summed E-state index contributed by atoms with van der Waals surface area (Å²) in [4.78, 5) is 27.5. The van der Waals surface area contributed by atoms with Crippen LogP contribution < -0.4 is 5.32 Å². The molecule has 0 spiro atoms. The lowest BCUT2D eigenvalue weighted by molar-refractivity contribution is -0.139. The molecule has 2 aromatic rings. The fraction of sp³-hybridized carbons (Fsp3) is 0.267. The van der Waals surface area contributed by atoms with Crippen molar-refractivity contribution in [1.29, 1.82) is 0 Å². The Bertz CT molecular complexity index is 642.